The van der Waals surface area contributed by atoms with Crippen LogP contribution in [0.5, 0.6) is 5.75 Å². The molecule has 1 aliphatic rings. The normalized spacial score (nSPS) is 18.5. The van der Waals surface area contributed by atoms with Crippen LogP contribution < -0.4 is 4.90 Å². The van der Waals surface area contributed by atoms with Crippen LogP contribution in [0.1, 0.15) is 31.1 Å². The Morgan fingerprint density at radius 3 is 2.84 bits per heavy atom. The molecule has 0 aliphatic carbocycles. The van der Waals surface area contributed by atoms with Gasteiger partial charge in [-0.1, -0.05) is 18.2 Å². The van der Waals surface area contributed by atoms with Gasteiger partial charge in [0.2, 0.25) is 0 Å². The summed E-state index contributed by atoms with van der Waals surface area (Å²) in [6, 6.07) is 12.0. The first-order valence-electron chi connectivity index (χ1n) is 8.83. The van der Waals surface area contributed by atoms with Gasteiger partial charge in [-0.2, -0.15) is 0 Å². The number of pyridine rings is 1. The maximum atomic E-state index is 9.67. The smallest absolute Gasteiger partial charge is 0.128 e. The molecule has 1 saturated heterocycles. The molecule has 1 aliphatic heterocycles. The van der Waals surface area contributed by atoms with E-state index in [0.29, 0.717) is 12.6 Å². The highest BCUT2D eigenvalue weighted by Gasteiger charge is 2.22. The molecule has 5 nitrogen and oxygen atoms in total. The summed E-state index contributed by atoms with van der Waals surface area (Å²) < 4.78 is 5.89. The van der Waals surface area contributed by atoms with E-state index in [0.717, 1.165) is 31.0 Å². The summed E-state index contributed by atoms with van der Waals surface area (Å²) in [5, 5.41) is 9.67. The second kappa shape index (κ2) is 7.85. The monoisotopic (exact) mass is 341 g/mol. The molecule has 1 atom stereocenters. The Bertz CT molecular complexity index is 688. The molecular formula is C20H27N3O2. The molecule has 2 heterocycles. The van der Waals surface area contributed by atoms with Crippen molar-refractivity contribution >= 4 is 5.82 Å². The molecular weight excluding hydrogens is 314 g/mol. The first-order chi connectivity index (χ1) is 12.0. The van der Waals surface area contributed by atoms with Crippen LogP contribution in [0.3, 0.4) is 0 Å². The molecule has 25 heavy (non-hydrogen) atoms. The molecule has 1 aromatic heterocycles. The van der Waals surface area contributed by atoms with Crippen molar-refractivity contribution in [3.05, 3.63) is 53.7 Å². The highest BCUT2D eigenvalue weighted by molar-refractivity contribution is 5.39. The molecule has 1 fully saturated rings. The second-order valence-electron chi connectivity index (χ2n) is 6.92. The molecule has 3 rings (SSSR count). The number of phenols is 1. The number of aromatic nitrogens is 1. The van der Waals surface area contributed by atoms with Gasteiger partial charge in [0.15, 0.2) is 0 Å². The third-order valence-corrected chi connectivity index (χ3v) is 4.74. The van der Waals surface area contributed by atoms with Crippen molar-refractivity contribution in [3.8, 4) is 5.75 Å². The zero-order chi connectivity index (χ0) is 17.8. The molecule has 1 aromatic carbocycles. The van der Waals surface area contributed by atoms with E-state index in [1.165, 1.54) is 5.56 Å². The number of aromatic hydroxyl groups is 1. The minimum atomic E-state index is 0.000145. The van der Waals surface area contributed by atoms with Crippen molar-refractivity contribution in [2.75, 3.05) is 31.6 Å². The minimum absolute atomic E-state index is 0.000145. The van der Waals surface area contributed by atoms with Gasteiger partial charge in [-0.3, -0.25) is 4.90 Å². The third-order valence-electron chi connectivity index (χ3n) is 4.74. The fourth-order valence-electron chi connectivity index (χ4n) is 3.01. The molecule has 0 spiro atoms. The Morgan fingerprint density at radius 2 is 2.16 bits per heavy atom. The van der Waals surface area contributed by atoms with Crippen LogP contribution >= 0.6 is 0 Å². The van der Waals surface area contributed by atoms with E-state index in [2.05, 4.69) is 47.8 Å². The summed E-state index contributed by atoms with van der Waals surface area (Å²) >= 11 is 0. The third kappa shape index (κ3) is 4.50. The van der Waals surface area contributed by atoms with Crippen LogP contribution in [0.15, 0.2) is 42.6 Å². The zero-order valence-corrected chi connectivity index (χ0v) is 15.2. The molecule has 1 unspecified atom stereocenters. The number of benzene rings is 1. The Morgan fingerprint density at radius 1 is 1.32 bits per heavy atom. The van der Waals surface area contributed by atoms with E-state index in [4.69, 9.17) is 4.74 Å². The average molecular weight is 341 g/mol. The number of phenolic OH excluding ortho intramolecular Hbond substituents is 1. The quantitative estimate of drug-likeness (QED) is 0.905. The lowest BCUT2D eigenvalue weighted by Gasteiger charge is -2.33. The lowest BCUT2D eigenvalue weighted by molar-refractivity contribution is -0.0330. The predicted molar refractivity (Wildman–Crippen MR) is 99.9 cm³/mol. The molecule has 1 N–H and O–H groups in total. The molecule has 134 valence electrons. The van der Waals surface area contributed by atoms with E-state index >= 15 is 0 Å². The first kappa shape index (κ1) is 17.7. The molecule has 5 heteroatoms. The lowest BCUT2D eigenvalue weighted by Crippen LogP contribution is -2.37. The van der Waals surface area contributed by atoms with Gasteiger partial charge in [-0.25, -0.2) is 4.98 Å². The minimum Gasteiger partial charge on any atom is -0.508 e. The lowest BCUT2D eigenvalue weighted by atomic mass is 10.1. The van der Waals surface area contributed by atoms with Gasteiger partial charge in [-0.05, 0) is 43.2 Å². The van der Waals surface area contributed by atoms with Crippen molar-refractivity contribution in [2.24, 2.45) is 0 Å². The van der Waals surface area contributed by atoms with Gasteiger partial charge in [0.05, 0.1) is 12.7 Å². The first-order valence-corrected chi connectivity index (χ1v) is 8.83. The fourth-order valence-corrected chi connectivity index (χ4v) is 3.01. The number of anilines is 1. The van der Waals surface area contributed by atoms with Gasteiger partial charge in [0.1, 0.15) is 11.6 Å². The van der Waals surface area contributed by atoms with Crippen LogP contribution in [-0.2, 0) is 11.3 Å². The van der Waals surface area contributed by atoms with Crippen molar-refractivity contribution in [3.63, 3.8) is 0 Å². The van der Waals surface area contributed by atoms with Crippen LogP contribution in [0.25, 0.3) is 0 Å². The Labute approximate surface area is 149 Å². The number of hydrogen-bond acceptors (Lipinski definition) is 5. The maximum Gasteiger partial charge on any atom is 0.128 e. The van der Waals surface area contributed by atoms with Crippen molar-refractivity contribution in [1.82, 2.24) is 9.88 Å². The second-order valence-corrected chi connectivity index (χ2v) is 6.92. The maximum absolute atomic E-state index is 9.67. The predicted octanol–water partition coefficient (Wildman–Crippen LogP) is 3.21. The van der Waals surface area contributed by atoms with E-state index in [-0.39, 0.29) is 11.9 Å². The van der Waals surface area contributed by atoms with Crippen molar-refractivity contribution in [2.45, 2.75) is 32.5 Å². The SMILES string of the molecule is CC(C)N(C)c1ccc(CN2CCOC(c3cccc(O)c3)C2)cn1. The molecule has 0 saturated carbocycles. The van der Waals surface area contributed by atoms with Gasteiger partial charge in [-0.15, -0.1) is 0 Å². The Balaban J connectivity index is 1.63. The van der Waals surface area contributed by atoms with E-state index < -0.39 is 0 Å². The summed E-state index contributed by atoms with van der Waals surface area (Å²) in [7, 11) is 2.06. The topological polar surface area (TPSA) is 48.8 Å². The number of morpholine rings is 1. The van der Waals surface area contributed by atoms with E-state index in [9.17, 15) is 5.11 Å². The summed E-state index contributed by atoms with van der Waals surface area (Å²) in [6.07, 6.45) is 1.97. The van der Waals surface area contributed by atoms with Gasteiger partial charge in [0, 0.05) is 38.9 Å². The average Bonchev–Trinajstić information content (AvgIpc) is 2.62. The molecule has 0 bridgehead atoms. The van der Waals surface area contributed by atoms with Crippen molar-refractivity contribution in [1.29, 1.82) is 0 Å². The fraction of sp³-hybridized carbons (Fsp3) is 0.450. The number of hydrogen-bond donors (Lipinski definition) is 1. The summed E-state index contributed by atoms with van der Waals surface area (Å²) in [5.41, 5.74) is 2.23. The van der Waals surface area contributed by atoms with Crippen LogP contribution in [0, 0.1) is 0 Å². The molecule has 0 amide bonds. The largest absolute Gasteiger partial charge is 0.508 e. The van der Waals surface area contributed by atoms with E-state index in [1.54, 1.807) is 12.1 Å². The van der Waals surface area contributed by atoms with Gasteiger partial charge in [0.25, 0.3) is 0 Å². The standard InChI is InChI=1S/C20H27N3O2/c1-15(2)22(3)20-8-7-16(12-21-20)13-23-9-10-25-19(14-23)17-5-4-6-18(24)11-17/h4-8,11-12,15,19,24H,9-10,13-14H2,1-3H3. The number of ether oxygens (including phenoxy) is 1. The highest BCUT2D eigenvalue weighted by atomic mass is 16.5. The van der Waals surface area contributed by atoms with E-state index in [1.807, 2.05) is 18.3 Å². The molecule has 0 radical (unpaired) electrons. The Hall–Kier alpha value is -2.11. The van der Waals surface area contributed by atoms with Crippen molar-refractivity contribution < 1.29 is 9.84 Å². The number of rotatable bonds is 5. The van der Waals surface area contributed by atoms with Crippen LogP contribution in [-0.4, -0.2) is 47.8 Å². The zero-order valence-electron chi connectivity index (χ0n) is 15.2. The Kier molecular flexibility index (Phi) is 5.56. The number of nitrogens with zero attached hydrogens (tertiary/aromatic N) is 3. The summed E-state index contributed by atoms with van der Waals surface area (Å²) in [5.74, 6) is 1.28. The van der Waals surface area contributed by atoms with Gasteiger partial charge < -0.3 is 14.7 Å². The highest BCUT2D eigenvalue weighted by Crippen LogP contribution is 2.25. The summed E-state index contributed by atoms with van der Waals surface area (Å²) in [4.78, 5) is 9.13. The summed E-state index contributed by atoms with van der Waals surface area (Å²) in [6.45, 7) is 7.59. The molecule has 2 aromatic rings. The van der Waals surface area contributed by atoms with Crippen LogP contribution in [0.4, 0.5) is 5.82 Å². The van der Waals surface area contributed by atoms with Crippen LogP contribution in [0.2, 0.25) is 0 Å². The van der Waals surface area contributed by atoms with Gasteiger partial charge >= 0.3 is 0 Å².